The van der Waals surface area contributed by atoms with Crippen molar-refractivity contribution in [3.63, 3.8) is 0 Å². The van der Waals surface area contributed by atoms with Gasteiger partial charge in [-0.15, -0.1) is 0 Å². The highest BCUT2D eigenvalue weighted by Gasteiger charge is 2.20. The molecule has 4 heteroatoms. The van der Waals surface area contributed by atoms with Gasteiger partial charge in [-0.1, -0.05) is 0 Å². The van der Waals surface area contributed by atoms with Gasteiger partial charge in [0.2, 0.25) is 5.91 Å². The minimum Gasteiger partial charge on any atom is -0.388 e. The molecule has 0 fully saturated rings. The molecule has 1 aliphatic rings. The molecule has 1 unspecified atom stereocenters. The number of nitrogens with zero attached hydrogens (tertiary/aromatic N) is 1. The normalized spacial score (nSPS) is 19.2. The van der Waals surface area contributed by atoms with Gasteiger partial charge in [0.25, 0.3) is 0 Å². The maximum atomic E-state index is 11.6. The van der Waals surface area contributed by atoms with Crippen LogP contribution in [0.4, 0.5) is 0 Å². The molecule has 1 aromatic rings. The minimum absolute atomic E-state index is 0.0156. The Bertz CT molecular complexity index is 410. The molecule has 4 nitrogen and oxygen atoms in total. The van der Waals surface area contributed by atoms with Crippen LogP contribution in [0.25, 0.3) is 0 Å². The fourth-order valence-electron chi connectivity index (χ4n) is 2.35. The predicted octanol–water partition coefficient (Wildman–Crippen LogP) is 1.38. The second kappa shape index (κ2) is 4.92. The largest absolute Gasteiger partial charge is 0.388 e. The Kier molecular flexibility index (Phi) is 3.52. The van der Waals surface area contributed by atoms with Crippen LogP contribution >= 0.6 is 0 Å². The number of aromatic nitrogens is 1. The number of aliphatic hydroxyl groups excluding tert-OH is 1. The number of fused-ring (bicyclic) bond motifs is 1. The monoisotopic (exact) mass is 236 g/mol. The topological polar surface area (TPSA) is 54.3 Å². The first-order chi connectivity index (χ1) is 8.06. The summed E-state index contributed by atoms with van der Waals surface area (Å²) in [4.78, 5) is 11.6. The summed E-state index contributed by atoms with van der Waals surface area (Å²) < 4.78 is 1.87. The van der Waals surface area contributed by atoms with Gasteiger partial charge < -0.3 is 15.0 Å². The lowest BCUT2D eigenvalue weighted by molar-refractivity contribution is -0.122. The molecule has 1 heterocycles. The molecule has 0 saturated heterocycles. The summed E-state index contributed by atoms with van der Waals surface area (Å²) in [6.07, 6.45) is 6.39. The van der Waals surface area contributed by atoms with Crippen molar-refractivity contribution in [2.45, 2.75) is 51.8 Å². The molecule has 1 amide bonds. The van der Waals surface area contributed by atoms with E-state index in [0.717, 1.165) is 24.8 Å². The number of rotatable bonds is 3. The summed E-state index contributed by atoms with van der Waals surface area (Å²) >= 11 is 0. The SMILES string of the molecule is CC(C)NC(=O)Cn1cc2c(c1)C(O)CCC2. The number of carbonyl (C=O) groups is 1. The van der Waals surface area contributed by atoms with Crippen molar-refractivity contribution in [3.05, 3.63) is 23.5 Å². The number of hydrogen-bond acceptors (Lipinski definition) is 2. The van der Waals surface area contributed by atoms with Crippen LogP contribution in [0.2, 0.25) is 0 Å². The van der Waals surface area contributed by atoms with E-state index in [0.29, 0.717) is 6.54 Å². The highest BCUT2D eigenvalue weighted by atomic mass is 16.3. The Morgan fingerprint density at radius 1 is 1.59 bits per heavy atom. The first kappa shape index (κ1) is 12.2. The smallest absolute Gasteiger partial charge is 0.240 e. The van der Waals surface area contributed by atoms with E-state index in [2.05, 4.69) is 5.32 Å². The summed E-state index contributed by atoms with van der Waals surface area (Å²) in [6.45, 7) is 4.22. The molecule has 0 radical (unpaired) electrons. The molecular weight excluding hydrogens is 216 g/mol. The molecule has 1 aliphatic carbocycles. The van der Waals surface area contributed by atoms with Gasteiger partial charge >= 0.3 is 0 Å². The molecule has 0 aliphatic heterocycles. The molecule has 17 heavy (non-hydrogen) atoms. The van der Waals surface area contributed by atoms with Crippen molar-refractivity contribution in [2.75, 3.05) is 0 Å². The lowest BCUT2D eigenvalue weighted by Gasteiger charge is -2.16. The van der Waals surface area contributed by atoms with Crippen molar-refractivity contribution in [1.29, 1.82) is 0 Å². The molecule has 2 N–H and O–H groups in total. The average molecular weight is 236 g/mol. The maximum absolute atomic E-state index is 11.6. The first-order valence-electron chi connectivity index (χ1n) is 6.22. The van der Waals surface area contributed by atoms with Crippen molar-refractivity contribution in [3.8, 4) is 0 Å². The maximum Gasteiger partial charge on any atom is 0.240 e. The second-order valence-corrected chi connectivity index (χ2v) is 5.04. The zero-order chi connectivity index (χ0) is 12.4. The van der Waals surface area contributed by atoms with Crippen molar-refractivity contribution in [1.82, 2.24) is 9.88 Å². The third-order valence-electron chi connectivity index (χ3n) is 3.06. The van der Waals surface area contributed by atoms with Gasteiger partial charge in [-0.25, -0.2) is 0 Å². The van der Waals surface area contributed by atoms with Crippen LogP contribution in [0.15, 0.2) is 12.4 Å². The summed E-state index contributed by atoms with van der Waals surface area (Å²) in [6, 6.07) is 0.165. The molecule has 0 bridgehead atoms. The molecule has 0 aromatic carbocycles. The van der Waals surface area contributed by atoms with Crippen LogP contribution in [0.1, 0.15) is 43.9 Å². The van der Waals surface area contributed by atoms with E-state index in [4.69, 9.17) is 0 Å². The van der Waals surface area contributed by atoms with Crippen molar-refractivity contribution < 1.29 is 9.90 Å². The van der Waals surface area contributed by atoms with E-state index in [1.165, 1.54) is 5.56 Å². The predicted molar refractivity (Wildman–Crippen MR) is 65.6 cm³/mol. The van der Waals surface area contributed by atoms with Crippen LogP contribution in [-0.2, 0) is 17.8 Å². The number of aliphatic hydroxyl groups is 1. The lowest BCUT2D eigenvalue weighted by Crippen LogP contribution is -2.32. The van der Waals surface area contributed by atoms with Gasteiger partial charge in [0.05, 0.1) is 6.10 Å². The van der Waals surface area contributed by atoms with Crippen molar-refractivity contribution in [2.24, 2.45) is 0 Å². The number of carbonyl (C=O) groups excluding carboxylic acids is 1. The standard InChI is InChI=1S/C13H20N2O2/c1-9(2)14-13(17)8-15-6-10-4-3-5-12(16)11(10)7-15/h6-7,9,12,16H,3-5,8H2,1-2H3,(H,14,17). The third-order valence-corrected chi connectivity index (χ3v) is 3.06. The third kappa shape index (κ3) is 2.88. The zero-order valence-electron chi connectivity index (χ0n) is 10.4. The van der Waals surface area contributed by atoms with E-state index in [9.17, 15) is 9.90 Å². The lowest BCUT2D eigenvalue weighted by atomic mass is 9.93. The molecule has 94 valence electrons. The summed E-state index contributed by atoms with van der Waals surface area (Å²) in [5.74, 6) is 0.0156. The average Bonchev–Trinajstić information content (AvgIpc) is 2.60. The molecule has 1 aromatic heterocycles. The Morgan fingerprint density at radius 2 is 2.35 bits per heavy atom. The number of hydrogen-bond donors (Lipinski definition) is 2. The summed E-state index contributed by atoms with van der Waals surface area (Å²) in [5, 5.41) is 12.7. The zero-order valence-corrected chi connectivity index (χ0v) is 10.4. The van der Waals surface area contributed by atoms with Crippen LogP contribution < -0.4 is 5.32 Å². The van der Waals surface area contributed by atoms with E-state index in [1.807, 2.05) is 30.8 Å². The Balaban J connectivity index is 2.05. The van der Waals surface area contributed by atoms with E-state index < -0.39 is 0 Å². The molecule has 0 spiro atoms. The Hall–Kier alpha value is -1.29. The van der Waals surface area contributed by atoms with Gasteiger partial charge in [0.1, 0.15) is 6.54 Å². The molecule has 0 saturated carbocycles. The van der Waals surface area contributed by atoms with Crippen LogP contribution in [-0.4, -0.2) is 21.6 Å². The second-order valence-electron chi connectivity index (χ2n) is 5.04. The molecule has 2 rings (SSSR count). The number of nitrogens with one attached hydrogen (secondary N) is 1. The van der Waals surface area contributed by atoms with E-state index in [1.54, 1.807) is 0 Å². The minimum atomic E-state index is -0.354. The first-order valence-corrected chi connectivity index (χ1v) is 6.22. The van der Waals surface area contributed by atoms with Gasteiger partial charge in [-0.3, -0.25) is 4.79 Å². The molecule has 1 atom stereocenters. The van der Waals surface area contributed by atoms with Gasteiger partial charge in [-0.2, -0.15) is 0 Å². The van der Waals surface area contributed by atoms with Crippen LogP contribution in [0.3, 0.4) is 0 Å². The van der Waals surface area contributed by atoms with Gasteiger partial charge in [0.15, 0.2) is 0 Å². The summed E-state index contributed by atoms with van der Waals surface area (Å²) in [7, 11) is 0. The Labute approximate surface area is 102 Å². The van der Waals surface area contributed by atoms with Crippen LogP contribution in [0, 0.1) is 0 Å². The fourth-order valence-corrected chi connectivity index (χ4v) is 2.35. The van der Waals surface area contributed by atoms with Gasteiger partial charge in [0, 0.05) is 24.0 Å². The highest BCUT2D eigenvalue weighted by Crippen LogP contribution is 2.29. The fraction of sp³-hybridized carbons (Fsp3) is 0.615. The summed E-state index contributed by atoms with van der Waals surface area (Å²) in [5.41, 5.74) is 2.18. The van der Waals surface area contributed by atoms with Gasteiger partial charge in [-0.05, 0) is 38.7 Å². The number of aryl methyl sites for hydroxylation is 1. The number of amides is 1. The Morgan fingerprint density at radius 3 is 3.00 bits per heavy atom. The molecular formula is C13H20N2O2. The van der Waals surface area contributed by atoms with E-state index >= 15 is 0 Å². The van der Waals surface area contributed by atoms with E-state index in [-0.39, 0.29) is 18.1 Å². The highest BCUT2D eigenvalue weighted by molar-refractivity contribution is 5.76. The van der Waals surface area contributed by atoms with Crippen LogP contribution in [0.5, 0.6) is 0 Å². The van der Waals surface area contributed by atoms with Crippen molar-refractivity contribution >= 4 is 5.91 Å². The quantitative estimate of drug-likeness (QED) is 0.833.